The van der Waals surface area contributed by atoms with Crippen LogP contribution in [0.1, 0.15) is 48.0 Å². The summed E-state index contributed by atoms with van der Waals surface area (Å²) in [4.78, 5) is 10.9. The van der Waals surface area contributed by atoms with Gasteiger partial charge in [0.05, 0.1) is 0 Å². The van der Waals surface area contributed by atoms with Gasteiger partial charge < -0.3 is 5.11 Å². The van der Waals surface area contributed by atoms with Crippen LogP contribution in [0.5, 0.6) is 0 Å². The number of carboxylic acids is 1. The minimum atomic E-state index is -0.744. The largest absolute Gasteiger partial charge is 0.478 e. The Morgan fingerprint density at radius 1 is 1.38 bits per heavy atom. The van der Waals surface area contributed by atoms with Gasteiger partial charge in [-0.3, -0.25) is 0 Å². The standard InChI is InChI=1S/C12H20O2.C2H6/c1-7(2)10-5-6-11(12(13)14)9(4)8(10)3;1-2/h6-10H,5H2,1-4H3,(H,13,14);1-2H3. The summed E-state index contributed by atoms with van der Waals surface area (Å²) in [5.41, 5.74) is 0.606. The monoisotopic (exact) mass is 226 g/mol. The molecule has 3 atom stereocenters. The van der Waals surface area contributed by atoms with Crippen molar-refractivity contribution < 1.29 is 9.90 Å². The quantitative estimate of drug-likeness (QED) is 0.773. The van der Waals surface area contributed by atoms with Crippen LogP contribution in [0, 0.1) is 23.7 Å². The SMILES string of the molecule is CC.CC(C)C1CC=C(C(=O)O)C(C)C1C. The van der Waals surface area contributed by atoms with Gasteiger partial charge in [-0.05, 0) is 30.1 Å². The van der Waals surface area contributed by atoms with E-state index in [1.165, 1.54) is 0 Å². The van der Waals surface area contributed by atoms with Gasteiger partial charge in [-0.2, -0.15) is 0 Å². The predicted octanol–water partition coefficient (Wildman–Crippen LogP) is 3.97. The summed E-state index contributed by atoms with van der Waals surface area (Å²) in [6, 6.07) is 0. The first-order valence-electron chi connectivity index (χ1n) is 6.38. The van der Waals surface area contributed by atoms with Gasteiger partial charge in [-0.1, -0.05) is 47.6 Å². The number of hydrogen-bond acceptors (Lipinski definition) is 1. The van der Waals surface area contributed by atoms with Crippen LogP contribution in [0.25, 0.3) is 0 Å². The Hall–Kier alpha value is -0.790. The summed E-state index contributed by atoms with van der Waals surface area (Å²) < 4.78 is 0. The van der Waals surface area contributed by atoms with Gasteiger partial charge in [0.25, 0.3) is 0 Å². The van der Waals surface area contributed by atoms with Gasteiger partial charge in [-0.25, -0.2) is 4.79 Å². The van der Waals surface area contributed by atoms with Crippen LogP contribution in [0.3, 0.4) is 0 Å². The molecule has 0 aliphatic heterocycles. The fourth-order valence-electron chi connectivity index (χ4n) is 2.48. The Morgan fingerprint density at radius 2 is 1.88 bits per heavy atom. The Bertz CT molecular complexity index is 253. The van der Waals surface area contributed by atoms with Crippen molar-refractivity contribution in [2.75, 3.05) is 0 Å². The smallest absolute Gasteiger partial charge is 0.331 e. The molecule has 1 aliphatic rings. The molecule has 2 heteroatoms. The van der Waals surface area contributed by atoms with Crippen LogP contribution < -0.4 is 0 Å². The van der Waals surface area contributed by atoms with Crippen molar-refractivity contribution in [2.45, 2.75) is 48.0 Å². The molecule has 1 N–H and O–H groups in total. The van der Waals surface area contributed by atoms with Crippen LogP contribution in [0.2, 0.25) is 0 Å². The van der Waals surface area contributed by atoms with Crippen molar-refractivity contribution in [3.63, 3.8) is 0 Å². The fourth-order valence-corrected chi connectivity index (χ4v) is 2.48. The van der Waals surface area contributed by atoms with E-state index in [-0.39, 0.29) is 5.92 Å². The van der Waals surface area contributed by atoms with Crippen molar-refractivity contribution in [1.29, 1.82) is 0 Å². The van der Waals surface area contributed by atoms with Crippen LogP contribution in [-0.2, 0) is 4.79 Å². The zero-order valence-corrected chi connectivity index (χ0v) is 11.4. The van der Waals surface area contributed by atoms with Gasteiger partial charge in [0, 0.05) is 5.57 Å². The average Bonchev–Trinajstić information content (AvgIpc) is 2.23. The highest BCUT2D eigenvalue weighted by Gasteiger charge is 2.32. The molecule has 3 unspecified atom stereocenters. The second-order valence-electron chi connectivity index (χ2n) is 4.76. The molecule has 0 amide bonds. The number of allylic oxidation sites excluding steroid dienone is 1. The minimum absolute atomic E-state index is 0.189. The number of carboxylic acid groups (broad SMARTS) is 1. The first-order valence-corrected chi connectivity index (χ1v) is 6.38. The third-order valence-corrected chi connectivity index (χ3v) is 3.67. The second-order valence-corrected chi connectivity index (χ2v) is 4.76. The lowest BCUT2D eigenvalue weighted by Gasteiger charge is -2.35. The molecule has 0 saturated heterocycles. The summed E-state index contributed by atoms with van der Waals surface area (Å²) in [6.45, 7) is 12.6. The van der Waals surface area contributed by atoms with E-state index in [9.17, 15) is 4.79 Å². The van der Waals surface area contributed by atoms with Crippen LogP contribution in [0.4, 0.5) is 0 Å². The number of hydrogen-bond donors (Lipinski definition) is 1. The van der Waals surface area contributed by atoms with E-state index >= 15 is 0 Å². The molecule has 0 spiro atoms. The second kappa shape index (κ2) is 6.72. The van der Waals surface area contributed by atoms with Gasteiger partial charge in [0.1, 0.15) is 0 Å². The number of aliphatic carboxylic acids is 1. The summed E-state index contributed by atoms with van der Waals surface area (Å²) in [7, 11) is 0. The Labute approximate surface area is 99.7 Å². The normalized spacial score (nSPS) is 29.2. The zero-order chi connectivity index (χ0) is 12.9. The van der Waals surface area contributed by atoms with E-state index in [1.54, 1.807) is 0 Å². The molecule has 0 aromatic carbocycles. The molecular weight excluding hydrogens is 200 g/mol. The van der Waals surface area contributed by atoms with Crippen molar-refractivity contribution in [3.8, 4) is 0 Å². The van der Waals surface area contributed by atoms with Crippen molar-refractivity contribution in [3.05, 3.63) is 11.6 Å². The third-order valence-electron chi connectivity index (χ3n) is 3.67. The molecule has 0 saturated carbocycles. The third kappa shape index (κ3) is 3.36. The topological polar surface area (TPSA) is 37.3 Å². The summed E-state index contributed by atoms with van der Waals surface area (Å²) in [5.74, 6) is 1.19. The lowest BCUT2D eigenvalue weighted by molar-refractivity contribution is -0.133. The van der Waals surface area contributed by atoms with Gasteiger partial charge >= 0.3 is 5.97 Å². The van der Waals surface area contributed by atoms with Crippen molar-refractivity contribution in [1.82, 2.24) is 0 Å². The van der Waals surface area contributed by atoms with Crippen molar-refractivity contribution >= 4 is 5.97 Å². The minimum Gasteiger partial charge on any atom is -0.478 e. The summed E-state index contributed by atoms with van der Waals surface area (Å²) >= 11 is 0. The van der Waals surface area contributed by atoms with E-state index in [2.05, 4.69) is 20.8 Å². The van der Waals surface area contributed by atoms with Gasteiger partial charge in [-0.15, -0.1) is 0 Å². The molecule has 94 valence electrons. The number of rotatable bonds is 2. The molecule has 0 aromatic heterocycles. The molecule has 0 heterocycles. The lowest BCUT2D eigenvalue weighted by atomic mass is 9.69. The van der Waals surface area contributed by atoms with Crippen molar-refractivity contribution in [2.24, 2.45) is 23.7 Å². The van der Waals surface area contributed by atoms with Gasteiger partial charge in [0.15, 0.2) is 0 Å². The highest BCUT2D eigenvalue weighted by Crippen LogP contribution is 2.38. The number of carbonyl (C=O) groups is 1. The summed E-state index contributed by atoms with van der Waals surface area (Å²) in [6.07, 6.45) is 2.84. The maximum Gasteiger partial charge on any atom is 0.331 e. The first kappa shape index (κ1) is 15.2. The molecule has 0 radical (unpaired) electrons. The Morgan fingerprint density at radius 3 is 2.25 bits per heavy atom. The summed E-state index contributed by atoms with van der Waals surface area (Å²) in [5, 5.41) is 8.98. The Balaban J connectivity index is 0.00000106. The zero-order valence-electron chi connectivity index (χ0n) is 11.4. The van der Waals surface area contributed by atoms with E-state index in [0.717, 1.165) is 6.42 Å². The predicted molar refractivity (Wildman–Crippen MR) is 68.3 cm³/mol. The molecule has 0 fully saturated rings. The van der Waals surface area contributed by atoms with E-state index < -0.39 is 5.97 Å². The van der Waals surface area contributed by atoms with Crippen LogP contribution in [-0.4, -0.2) is 11.1 Å². The fraction of sp³-hybridized carbons (Fsp3) is 0.786. The average molecular weight is 226 g/mol. The lowest BCUT2D eigenvalue weighted by Crippen LogP contribution is -2.30. The maximum atomic E-state index is 10.9. The van der Waals surface area contributed by atoms with Crippen LogP contribution >= 0.6 is 0 Å². The maximum absolute atomic E-state index is 10.9. The molecular formula is C14H26O2. The molecule has 16 heavy (non-hydrogen) atoms. The molecule has 0 aromatic rings. The highest BCUT2D eigenvalue weighted by atomic mass is 16.4. The molecule has 1 rings (SSSR count). The highest BCUT2D eigenvalue weighted by molar-refractivity contribution is 5.87. The van der Waals surface area contributed by atoms with Gasteiger partial charge in [0.2, 0.25) is 0 Å². The van der Waals surface area contributed by atoms with E-state index in [0.29, 0.717) is 23.3 Å². The Kier molecular flexibility index (Phi) is 6.39. The first-order chi connectivity index (χ1) is 7.45. The molecule has 0 bridgehead atoms. The van der Waals surface area contributed by atoms with E-state index in [1.807, 2.05) is 26.8 Å². The molecule has 2 nitrogen and oxygen atoms in total. The van der Waals surface area contributed by atoms with Crippen LogP contribution in [0.15, 0.2) is 11.6 Å². The van der Waals surface area contributed by atoms with E-state index in [4.69, 9.17) is 5.11 Å². The molecule has 1 aliphatic carbocycles.